The number of carbonyl (C=O) groups is 1. The smallest absolute Gasteiger partial charge is 0.227 e. The summed E-state index contributed by atoms with van der Waals surface area (Å²) in [5.41, 5.74) is 3.81. The molecule has 142 valence electrons. The average molecular weight is 380 g/mol. The molecule has 4 rings (SSSR count). The van der Waals surface area contributed by atoms with Crippen LogP contribution in [-0.2, 0) is 24.1 Å². The fraction of sp³-hybridized carbons (Fsp3) is 0.190. The van der Waals surface area contributed by atoms with E-state index in [2.05, 4.69) is 20.6 Å². The number of aromatic nitrogens is 2. The second-order valence-electron chi connectivity index (χ2n) is 6.66. The molecule has 0 bridgehead atoms. The number of halogens is 2. The van der Waals surface area contributed by atoms with Crippen LogP contribution >= 0.6 is 0 Å². The van der Waals surface area contributed by atoms with E-state index < -0.39 is 5.82 Å². The predicted molar refractivity (Wildman–Crippen MR) is 102 cm³/mol. The third-order valence-electron chi connectivity index (χ3n) is 4.64. The number of benzene rings is 2. The molecule has 0 saturated heterocycles. The number of fused-ring (bicyclic) bond motifs is 1. The van der Waals surface area contributed by atoms with E-state index >= 15 is 0 Å². The van der Waals surface area contributed by atoms with Gasteiger partial charge in [0.2, 0.25) is 11.9 Å². The van der Waals surface area contributed by atoms with Crippen molar-refractivity contribution in [3.63, 3.8) is 0 Å². The minimum absolute atomic E-state index is 0.0147. The van der Waals surface area contributed by atoms with Crippen LogP contribution in [0, 0.1) is 11.6 Å². The summed E-state index contributed by atoms with van der Waals surface area (Å²) in [5, 5.41) is 5.92. The number of aryl methyl sites for hydroxylation is 3. The van der Waals surface area contributed by atoms with Gasteiger partial charge in [-0.15, -0.1) is 0 Å². The van der Waals surface area contributed by atoms with Gasteiger partial charge >= 0.3 is 0 Å². The van der Waals surface area contributed by atoms with Gasteiger partial charge < -0.3 is 10.6 Å². The van der Waals surface area contributed by atoms with E-state index in [0.717, 1.165) is 28.7 Å². The normalized spacial score (nSPS) is 13.0. The molecule has 1 amide bonds. The van der Waals surface area contributed by atoms with Crippen LogP contribution in [0.4, 0.5) is 26.1 Å². The highest BCUT2D eigenvalue weighted by molar-refractivity contribution is 5.94. The third-order valence-corrected chi connectivity index (χ3v) is 4.64. The molecule has 2 aromatic carbocycles. The zero-order valence-electron chi connectivity index (χ0n) is 15.0. The molecule has 7 heteroatoms. The SMILES string of the molecule is O=C1CCc2cc(Nc3ncc(F)c(CCc4ccc(F)cc4)n3)ccc2N1. The molecule has 0 saturated carbocycles. The zero-order valence-corrected chi connectivity index (χ0v) is 15.0. The Kier molecular flexibility index (Phi) is 4.97. The molecule has 0 atom stereocenters. The summed E-state index contributed by atoms with van der Waals surface area (Å²) in [7, 11) is 0. The van der Waals surface area contributed by atoms with E-state index in [1.807, 2.05) is 18.2 Å². The quantitative estimate of drug-likeness (QED) is 0.697. The summed E-state index contributed by atoms with van der Waals surface area (Å²) in [4.78, 5) is 19.7. The molecule has 3 aromatic rings. The number of rotatable bonds is 5. The van der Waals surface area contributed by atoms with Gasteiger partial charge in [0.25, 0.3) is 0 Å². The Labute approximate surface area is 160 Å². The molecule has 0 radical (unpaired) electrons. The fourth-order valence-corrected chi connectivity index (χ4v) is 3.14. The molecule has 1 aliphatic heterocycles. The van der Waals surface area contributed by atoms with Gasteiger partial charge in [-0.2, -0.15) is 0 Å². The molecule has 2 N–H and O–H groups in total. The molecular weight excluding hydrogens is 362 g/mol. The van der Waals surface area contributed by atoms with Gasteiger partial charge in [0.1, 0.15) is 5.82 Å². The Bertz CT molecular complexity index is 1020. The van der Waals surface area contributed by atoms with Gasteiger partial charge in [-0.25, -0.2) is 18.7 Å². The number of nitrogens with one attached hydrogen (secondary N) is 2. The van der Waals surface area contributed by atoms with E-state index in [9.17, 15) is 13.6 Å². The molecule has 0 spiro atoms. The largest absolute Gasteiger partial charge is 0.326 e. The lowest BCUT2D eigenvalue weighted by molar-refractivity contribution is -0.116. The highest BCUT2D eigenvalue weighted by Crippen LogP contribution is 2.26. The van der Waals surface area contributed by atoms with E-state index in [0.29, 0.717) is 37.3 Å². The van der Waals surface area contributed by atoms with Crippen molar-refractivity contribution in [1.82, 2.24) is 9.97 Å². The van der Waals surface area contributed by atoms with Crippen molar-refractivity contribution in [3.8, 4) is 0 Å². The van der Waals surface area contributed by atoms with Crippen molar-refractivity contribution in [1.29, 1.82) is 0 Å². The lowest BCUT2D eigenvalue weighted by Crippen LogP contribution is -2.18. The number of hydrogen-bond donors (Lipinski definition) is 2. The molecule has 2 heterocycles. The fourth-order valence-electron chi connectivity index (χ4n) is 3.14. The predicted octanol–water partition coefficient (Wildman–Crippen LogP) is 4.17. The van der Waals surface area contributed by atoms with Crippen LogP contribution in [-0.4, -0.2) is 15.9 Å². The van der Waals surface area contributed by atoms with Crippen LogP contribution in [0.25, 0.3) is 0 Å². The van der Waals surface area contributed by atoms with Crippen LogP contribution in [0.15, 0.2) is 48.7 Å². The highest BCUT2D eigenvalue weighted by Gasteiger charge is 2.15. The van der Waals surface area contributed by atoms with Crippen LogP contribution in [0.5, 0.6) is 0 Å². The maximum atomic E-state index is 14.1. The first-order valence-corrected chi connectivity index (χ1v) is 9.02. The third kappa shape index (κ3) is 4.14. The minimum atomic E-state index is -0.471. The Morgan fingerprint density at radius 2 is 1.86 bits per heavy atom. The summed E-state index contributed by atoms with van der Waals surface area (Å²) in [6.45, 7) is 0. The second-order valence-corrected chi connectivity index (χ2v) is 6.66. The van der Waals surface area contributed by atoms with Crippen LogP contribution < -0.4 is 10.6 Å². The van der Waals surface area contributed by atoms with Crippen LogP contribution in [0.1, 0.15) is 23.2 Å². The first-order chi connectivity index (χ1) is 13.6. The van der Waals surface area contributed by atoms with Crippen molar-refractivity contribution < 1.29 is 13.6 Å². The van der Waals surface area contributed by atoms with E-state index in [1.165, 1.54) is 12.1 Å². The molecule has 0 aliphatic carbocycles. The topological polar surface area (TPSA) is 66.9 Å². The van der Waals surface area contributed by atoms with E-state index in [4.69, 9.17) is 0 Å². The summed E-state index contributed by atoms with van der Waals surface area (Å²) in [6.07, 6.45) is 3.20. The van der Waals surface area contributed by atoms with Crippen LogP contribution in [0.2, 0.25) is 0 Å². The molecule has 0 fully saturated rings. The average Bonchev–Trinajstić information content (AvgIpc) is 2.70. The van der Waals surface area contributed by atoms with Gasteiger partial charge in [-0.05, 0) is 60.7 Å². The summed E-state index contributed by atoms with van der Waals surface area (Å²) < 4.78 is 27.1. The first-order valence-electron chi connectivity index (χ1n) is 9.02. The van der Waals surface area contributed by atoms with Gasteiger partial charge in [0.05, 0.1) is 11.9 Å². The maximum absolute atomic E-state index is 14.1. The minimum Gasteiger partial charge on any atom is -0.326 e. The number of amides is 1. The molecule has 5 nitrogen and oxygen atoms in total. The van der Waals surface area contributed by atoms with E-state index in [1.54, 1.807) is 12.1 Å². The molecule has 1 aliphatic rings. The number of nitrogens with zero attached hydrogens (tertiary/aromatic N) is 2. The standard InChI is InChI=1S/C21H18F2N4O/c22-15-5-1-13(2-6-15)3-8-19-17(23)12-24-21(27-19)25-16-7-9-18-14(11-16)4-10-20(28)26-18/h1-2,5-7,9,11-12H,3-4,8,10H2,(H,26,28)(H,24,25,27). The van der Waals surface area contributed by atoms with Crippen molar-refractivity contribution in [2.75, 3.05) is 10.6 Å². The van der Waals surface area contributed by atoms with Crippen molar-refractivity contribution in [3.05, 3.63) is 77.1 Å². The number of anilines is 3. The second kappa shape index (κ2) is 7.72. The van der Waals surface area contributed by atoms with Gasteiger partial charge in [-0.1, -0.05) is 12.1 Å². The highest BCUT2D eigenvalue weighted by atomic mass is 19.1. The lowest BCUT2D eigenvalue weighted by Gasteiger charge is -2.17. The summed E-state index contributed by atoms with van der Waals surface area (Å²) in [5.74, 6) is -0.454. The van der Waals surface area contributed by atoms with Gasteiger partial charge in [0.15, 0.2) is 5.82 Å². The van der Waals surface area contributed by atoms with Crippen LogP contribution in [0.3, 0.4) is 0 Å². The van der Waals surface area contributed by atoms with E-state index in [-0.39, 0.29) is 11.7 Å². The molecular formula is C21H18F2N4O. The Morgan fingerprint density at radius 3 is 2.68 bits per heavy atom. The summed E-state index contributed by atoms with van der Waals surface area (Å²) in [6, 6.07) is 11.7. The Balaban J connectivity index is 1.47. The summed E-state index contributed by atoms with van der Waals surface area (Å²) >= 11 is 0. The van der Waals surface area contributed by atoms with Crippen molar-refractivity contribution in [2.24, 2.45) is 0 Å². The first kappa shape index (κ1) is 18.0. The van der Waals surface area contributed by atoms with Gasteiger partial charge in [-0.3, -0.25) is 4.79 Å². The van der Waals surface area contributed by atoms with Crippen molar-refractivity contribution >= 4 is 23.2 Å². The molecule has 0 unspecified atom stereocenters. The number of carbonyl (C=O) groups excluding carboxylic acids is 1. The van der Waals surface area contributed by atoms with Gasteiger partial charge in [0, 0.05) is 17.8 Å². The zero-order chi connectivity index (χ0) is 19.5. The maximum Gasteiger partial charge on any atom is 0.227 e. The van der Waals surface area contributed by atoms with Crippen molar-refractivity contribution in [2.45, 2.75) is 25.7 Å². The monoisotopic (exact) mass is 380 g/mol. The Morgan fingerprint density at radius 1 is 1.04 bits per heavy atom. The lowest BCUT2D eigenvalue weighted by atomic mass is 10.0. The Hall–Kier alpha value is -3.35. The molecule has 1 aromatic heterocycles. The molecule has 28 heavy (non-hydrogen) atoms. The number of hydrogen-bond acceptors (Lipinski definition) is 4.